The highest BCUT2D eigenvalue weighted by molar-refractivity contribution is 5.83. The number of carbonyl (C=O) groups is 1. The third kappa shape index (κ3) is 3.68. The van der Waals surface area contributed by atoms with Crippen LogP contribution in [0, 0.1) is 10.1 Å². The van der Waals surface area contributed by atoms with Gasteiger partial charge in [0.1, 0.15) is 5.69 Å². The number of aromatic nitrogens is 2. The number of alkyl halides is 3. The molecule has 1 aromatic heterocycles. The molecular weight excluding hydrogens is 355 g/mol. The van der Waals surface area contributed by atoms with E-state index in [1.807, 2.05) is 0 Å². The van der Waals surface area contributed by atoms with E-state index in [1.54, 1.807) is 30.3 Å². The molecule has 1 aromatic carbocycles. The molecule has 1 atom stereocenters. The number of carbonyl (C=O) groups excluding carboxylic acids is 1. The van der Waals surface area contributed by atoms with Crippen LogP contribution in [0.25, 0.3) is 5.69 Å². The van der Waals surface area contributed by atoms with E-state index in [-0.39, 0.29) is 12.1 Å². The number of Topliss-reactive ketones (excluding diaryl/α,β-unsaturated/α-hetero) is 1. The van der Waals surface area contributed by atoms with Gasteiger partial charge >= 0.3 is 17.4 Å². The Morgan fingerprint density at radius 3 is 2.35 bits per heavy atom. The van der Waals surface area contributed by atoms with Gasteiger partial charge in [0, 0.05) is 19.4 Å². The van der Waals surface area contributed by atoms with Gasteiger partial charge in [-0.3, -0.25) is 24.4 Å². The summed E-state index contributed by atoms with van der Waals surface area (Å²) < 4.78 is 39.4. The van der Waals surface area contributed by atoms with Gasteiger partial charge in [0.25, 0.3) is 0 Å². The first-order chi connectivity index (χ1) is 12.1. The summed E-state index contributed by atoms with van der Waals surface area (Å²) >= 11 is 0. The molecule has 1 heterocycles. The second-order valence-electron chi connectivity index (χ2n) is 5.83. The first-order valence-corrected chi connectivity index (χ1v) is 7.67. The van der Waals surface area contributed by atoms with E-state index in [9.17, 15) is 32.9 Å². The molecule has 0 spiro atoms. The molecule has 0 saturated carbocycles. The Kier molecular flexibility index (Phi) is 5.33. The number of nitrogens with zero attached hydrogens (tertiary/aromatic N) is 3. The summed E-state index contributed by atoms with van der Waals surface area (Å²) in [5.74, 6) is -2.70. The van der Waals surface area contributed by atoms with Crippen LogP contribution in [0.15, 0.2) is 35.1 Å². The zero-order valence-corrected chi connectivity index (χ0v) is 14.0. The summed E-state index contributed by atoms with van der Waals surface area (Å²) in [4.78, 5) is 34.1. The van der Waals surface area contributed by atoms with Crippen molar-refractivity contribution in [1.82, 2.24) is 9.36 Å². The predicted molar refractivity (Wildman–Crippen MR) is 86.4 cm³/mol. The van der Waals surface area contributed by atoms with Crippen LogP contribution in [-0.4, -0.2) is 26.2 Å². The molecule has 0 saturated heterocycles. The number of ketones is 1. The minimum Gasteiger partial charge on any atom is -0.290 e. The minimum atomic E-state index is -4.95. The molecule has 0 amide bonds. The molecule has 26 heavy (non-hydrogen) atoms. The summed E-state index contributed by atoms with van der Waals surface area (Å²) in [5.41, 5.74) is -1.23. The summed E-state index contributed by atoms with van der Waals surface area (Å²) in [6, 6.07) is 8.15. The molecule has 0 fully saturated rings. The summed E-state index contributed by atoms with van der Waals surface area (Å²) in [6.07, 6.45) is -6.04. The molecule has 7 nitrogen and oxygen atoms in total. The monoisotopic (exact) mass is 371 g/mol. The molecule has 1 unspecified atom stereocenters. The highest BCUT2D eigenvalue weighted by atomic mass is 19.4. The van der Waals surface area contributed by atoms with Gasteiger partial charge in [-0.25, -0.2) is 4.68 Å². The Labute approximate surface area is 145 Å². The second kappa shape index (κ2) is 7.14. The maximum absolute atomic E-state index is 12.5. The van der Waals surface area contributed by atoms with Crippen LogP contribution >= 0.6 is 0 Å². The SMILES string of the molecule is CC(CCC(=O)C(F)(F)F)c1c([N+](=O)[O-])c(=O)n(-c2ccccc2)n1C. The fourth-order valence-electron chi connectivity index (χ4n) is 2.82. The van der Waals surface area contributed by atoms with E-state index in [4.69, 9.17) is 0 Å². The van der Waals surface area contributed by atoms with Crippen molar-refractivity contribution in [2.45, 2.75) is 31.9 Å². The first kappa shape index (κ1) is 19.4. The van der Waals surface area contributed by atoms with Crippen molar-refractivity contribution in [2.24, 2.45) is 7.05 Å². The number of halogens is 3. The number of benzene rings is 1. The molecule has 2 rings (SSSR count). The maximum atomic E-state index is 12.5. The van der Waals surface area contributed by atoms with Crippen molar-refractivity contribution in [1.29, 1.82) is 0 Å². The van der Waals surface area contributed by atoms with Crippen LogP contribution < -0.4 is 5.56 Å². The van der Waals surface area contributed by atoms with Crippen LogP contribution in [0.4, 0.5) is 18.9 Å². The fraction of sp³-hybridized carbons (Fsp3) is 0.375. The van der Waals surface area contributed by atoms with E-state index in [0.717, 1.165) is 4.68 Å². The standard InChI is InChI=1S/C16H16F3N3O4/c1-10(8-9-12(23)16(17,18)19)13-14(22(25)26)15(24)21(20(13)2)11-6-4-3-5-7-11/h3-7,10H,8-9H2,1-2H3. The number of hydrogen-bond acceptors (Lipinski definition) is 4. The number of para-hydroxylation sites is 1. The normalized spacial score (nSPS) is 12.8. The lowest BCUT2D eigenvalue weighted by atomic mass is 9.99. The van der Waals surface area contributed by atoms with Gasteiger partial charge in [-0.1, -0.05) is 25.1 Å². The Morgan fingerprint density at radius 1 is 1.27 bits per heavy atom. The van der Waals surface area contributed by atoms with Crippen LogP contribution in [0.3, 0.4) is 0 Å². The largest absolute Gasteiger partial charge is 0.449 e. The third-order valence-electron chi connectivity index (χ3n) is 4.06. The molecule has 10 heteroatoms. The second-order valence-corrected chi connectivity index (χ2v) is 5.83. The molecule has 0 radical (unpaired) electrons. The van der Waals surface area contributed by atoms with Crippen molar-refractivity contribution in [3.8, 4) is 5.69 Å². The maximum Gasteiger partial charge on any atom is 0.449 e. The Hall–Kier alpha value is -2.91. The van der Waals surface area contributed by atoms with E-state index in [0.29, 0.717) is 5.69 Å². The van der Waals surface area contributed by atoms with Gasteiger partial charge in [-0.05, 0) is 18.6 Å². The molecule has 0 aliphatic heterocycles. The average Bonchev–Trinajstić information content (AvgIpc) is 2.83. The molecule has 0 aliphatic rings. The van der Waals surface area contributed by atoms with E-state index < -0.39 is 40.5 Å². The van der Waals surface area contributed by atoms with Gasteiger partial charge in [0.05, 0.1) is 10.6 Å². The smallest absolute Gasteiger partial charge is 0.290 e. The van der Waals surface area contributed by atoms with Gasteiger partial charge in [-0.15, -0.1) is 0 Å². The summed E-state index contributed by atoms with van der Waals surface area (Å²) in [7, 11) is 1.42. The van der Waals surface area contributed by atoms with Crippen molar-refractivity contribution in [3.63, 3.8) is 0 Å². The topological polar surface area (TPSA) is 87.1 Å². The zero-order chi connectivity index (χ0) is 19.6. The van der Waals surface area contributed by atoms with Gasteiger partial charge in [0.15, 0.2) is 0 Å². The van der Waals surface area contributed by atoms with Gasteiger partial charge in [-0.2, -0.15) is 13.2 Å². The lowest BCUT2D eigenvalue weighted by molar-refractivity contribution is -0.387. The number of hydrogen-bond donors (Lipinski definition) is 0. The quantitative estimate of drug-likeness (QED) is 0.577. The third-order valence-corrected chi connectivity index (χ3v) is 4.06. The van der Waals surface area contributed by atoms with Crippen LogP contribution in [0.1, 0.15) is 31.4 Å². The van der Waals surface area contributed by atoms with E-state index >= 15 is 0 Å². The molecule has 0 aliphatic carbocycles. The number of rotatable bonds is 6. The van der Waals surface area contributed by atoms with Crippen molar-refractivity contribution in [3.05, 3.63) is 56.5 Å². The van der Waals surface area contributed by atoms with Crippen LogP contribution in [-0.2, 0) is 11.8 Å². The molecule has 0 bridgehead atoms. The van der Waals surface area contributed by atoms with E-state index in [2.05, 4.69) is 0 Å². The summed E-state index contributed by atoms with van der Waals surface area (Å²) in [5, 5.41) is 11.4. The lowest BCUT2D eigenvalue weighted by Gasteiger charge is -2.14. The van der Waals surface area contributed by atoms with E-state index in [1.165, 1.54) is 18.7 Å². The highest BCUT2D eigenvalue weighted by Gasteiger charge is 2.38. The first-order valence-electron chi connectivity index (χ1n) is 7.67. The number of nitro groups is 1. The average molecular weight is 371 g/mol. The summed E-state index contributed by atoms with van der Waals surface area (Å²) in [6.45, 7) is 1.45. The zero-order valence-electron chi connectivity index (χ0n) is 14.0. The Morgan fingerprint density at radius 2 is 1.85 bits per heavy atom. The molecular formula is C16H16F3N3O4. The fourth-order valence-corrected chi connectivity index (χ4v) is 2.82. The molecule has 0 N–H and O–H groups in total. The predicted octanol–water partition coefficient (Wildman–Crippen LogP) is 3.10. The molecule has 2 aromatic rings. The highest BCUT2D eigenvalue weighted by Crippen LogP contribution is 2.30. The van der Waals surface area contributed by atoms with Gasteiger partial charge in [0.2, 0.25) is 5.78 Å². The molecule has 140 valence electrons. The van der Waals surface area contributed by atoms with Gasteiger partial charge < -0.3 is 0 Å². The Bertz CT molecular complexity index is 885. The van der Waals surface area contributed by atoms with Crippen LogP contribution in [0.5, 0.6) is 0 Å². The van der Waals surface area contributed by atoms with Crippen molar-refractivity contribution in [2.75, 3.05) is 0 Å². The minimum absolute atomic E-state index is 0.0289. The van der Waals surface area contributed by atoms with Crippen LogP contribution in [0.2, 0.25) is 0 Å². The lowest BCUT2D eigenvalue weighted by Crippen LogP contribution is -2.23. The van der Waals surface area contributed by atoms with Crippen molar-refractivity contribution < 1.29 is 22.9 Å². The van der Waals surface area contributed by atoms with Crippen molar-refractivity contribution >= 4 is 11.5 Å². The Balaban J connectivity index is 2.47.